The van der Waals surface area contributed by atoms with Crippen LogP contribution < -0.4 is 0 Å². The predicted octanol–water partition coefficient (Wildman–Crippen LogP) is 6.69. The van der Waals surface area contributed by atoms with E-state index in [2.05, 4.69) is 40.7 Å². The van der Waals surface area contributed by atoms with E-state index < -0.39 is 23.0 Å². The second-order valence-corrected chi connectivity index (χ2v) is 14.7. The van der Waals surface area contributed by atoms with Crippen molar-refractivity contribution in [1.29, 1.82) is 0 Å². The maximum Gasteiger partial charge on any atom is 0.310 e. The first-order chi connectivity index (χ1) is 15.9. The Morgan fingerprint density at radius 3 is 2.20 bits per heavy atom. The number of carboxylic acid groups (broad SMARTS) is 2. The van der Waals surface area contributed by atoms with Crippen molar-refractivity contribution in [2.45, 2.75) is 118 Å². The normalized spacial score (nSPS) is 44.9. The number of allylic oxidation sites excluding steroid dienone is 2. The van der Waals surface area contributed by atoms with Crippen molar-refractivity contribution in [2.75, 3.05) is 0 Å². The maximum absolute atomic E-state index is 12.8. The summed E-state index contributed by atoms with van der Waals surface area (Å²) in [6, 6.07) is 0. The highest BCUT2D eigenvalue weighted by molar-refractivity contribution is 5.76. The van der Waals surface area contributed by atoms with Crippen LogP contribution in [0, 0.1) is 44.8 Å². The average Bonchev–Trinajstić information content (AvgIpc) is 2.71. The molecule has 0 spiro atoms. The highest BCUT2D eigenvalue weighted by atomic mass is 16.4. The molecule has 0 amide bonds. The molecule has 5 nitrogen and oxygen atoms in total. The van der Waals surface area contributed by atoms with Gasteiger partial charge in [0.25, 0.3) is 0 Å². The van der Waals surface area contributed by atoms with Crippen LogP contribution in [-0.2, 0) is 9.59 Å². The van der Waals surface area contributed by atoms with Gasteiger partial charge in [0, 0.05) is 6.42 Å². The first-order valence-corrected chi connectivity index (χ1v) is 13.8. The lowest BCUT2D eigenvalue weighted by atomic mass is 9.35. The van der Waals surface area contributed by atoms with E-state index in [1.54, 1.807) is 0 Å². The van der Waals surface area contributed by atoms with Gasteiger partial charge >= 0.3 is 11.9 Å². The lowest BCUT2D eigenvalue weighted by Crippen LogP contribution is -2.63. The minimum atomic E-state index is -0.877. The van der Waals surface area contributed by atoms with E-state index in [0.29, 0.717) is 6.42 Å². The Labute approximate surface area is 211 Å². The maximum atomic E-state index is 12.8. The molecule has 3 saturated carbocycles. The van der Waals surface area contributed by atoms with Gasteiger partial charge in [-0.2, -0.15) is 0 Å². The van der Waals surface area contributed by atoms with Crippen LogP contribution in [0.5, 0.6) is 0 Å². The van der Waals surface area contributed by atoms with Crippen LogP contribution in [0.4, 0.5) is 0 Å². The van der Waals surface area contributed by atoms with Crippen LogP contribution in [0.3, 0.4) is 0 Å². The largest absolute Gasteiger partial charge is 0.481 e. The van der Waals surface area contributed by atoms with Crippen molar-refractivity contribution < 1.29 is 24.9 Å². The molecule has 35 heavy (non-hydrogen) atoms. The molecule has 3 fully saturated rings. The molecule has 5 heteroatoms. The second-order valence-electron chi connectivity index (χ2n) is 14.7. The minimum absolute atomic E-state index is 0.0290. The van der Waals surface area contributed by atoms with E-state index in [1.165, 1.54) is 5.57 Å². The molecule has 0 saturated heterocycles. The van der Waals surface area contributed by atoms with E-state index >= 15 is 0 Å². The number of carboxylic acids is 2. The van der Waals surface area contributed by atoms with Crippen molar-refractivity contribution in [1.82, 2.24) is 0 Å². The monoisotopic (exact) mass is 488 g/mol. The molecular weight excluding hydrogens is 440 g/mol. The van der Waals surface area contributed by atoms with Crippen molar-refractivity contribution in [3.8, 4) is 0 Å². The number of fused-ring (bicyclic) bond motifs is 5. The summed E-state index contributed by atoms with van der Waals surface area (Å²) in [4.78, 5) is 24.4. The molecule has 7 atom stereocenters. The number of aliphatic carboxylic acids is 2. The third kappa shape index (κ3) is 3.81. The molecule has 4 aliphatic rings. The van der Waals surface area contributed by atoms with Crippen LogP contribution in [0.2, 0.25) is 0 Å². The molecule has 0 aromatic rings. The van der Waals surface area contributed by atoms with E-state index in [9.17, 15) is 24.9 Å². The van der Waals surface area contributed by atoms with Gasteiger partial charge in [0.15, 0.2) is 0 Å². The Kier molecular flexibility index (Phi) is 6.15. The van der Waals surface area contributed by atoms with Gasteiger partial charge in [-0.3, -0.25) is 9.59 Å². The Balaban J connectivity index is 1.82. The third-order valence-corrected chi connectivity index (χ3v) is 12.1. The number of hydrogen-bond acceptors (Lipinski definition) is 3. The van der Waals surface area contributed by atoms with Crippen molar-refractivity contribution in [3.63, 3.8) is 0 Å². The molecule has 0 radical (unpaired) electrons. The fraction of sp³-hybridized carbons (Fsp3) is 0.867. The molecule has 1 unspecified atom stereocenters. The van der Waals surface area contributed by atoms with Crippen molar-refractivity contribution in [3.05, 3.63) is 11.6 Å². The van der Waals surface area contributed by atoms with Crippen molar-refractivity contribution >= 4 is 11.9 Å². The Morgan fingerprint density at radius 2 is 1.63 bits per heavy atom. The summed E-state index contributed by atoms with van der Waals surface area (Å²) in [5, 5.41) is 31.3. The lowest BCUT2D eigenvalue weighted by Gasteiger charge is -2.69. The predicted molar refractivity (Wildman–Crippen MR) is 137 cm³/mol. The summed E-state index contributed by atoms with van der Waals surface area (Å²) in [7, 11) is 0. The smallest absolute Gasteiger partial charge is 0.310 e. The number of aliphatic hydroxyl groups is 1. The quantitative estimate of drug-likeness (QED) is 0.375. The highest BCUT2D eigenvalue weighted by Crippen LogP contribution is 2.74. The van der Waals surface area contributed by atoms with Gasteiger partial charge in [-0.25, -0.2) is 0 Å². The Bertz CT molecular complexity index is 928. The molecule has 3 N–H and O–H groups in total. The van der Waals surface area contributed by atoms with Crippen LogP contribution in [0.1, 0.15) is 113 Å². The van der Waals surface area contributed by atoms with Crippen LogP contribution in [0.25, 0.3) is 0 Å². The number of rotatable bonds is 5. The fourth-order valence-corrected chi connectivity index (χ4v) is 9.88. The summed E-state index contributed by atoms with van der Waals surface area (Å²) in [5.74, 6) is -1.05. The van der Waals surface area contributed by atoms with Crippen LogP contribution in [-0.4, -0.2) is 32.9 Å². The van der Waals surface area contributed by atoms with Gasteiger partial charge in [-0.05, 0) is 111 Å². The van der Waals surface area contributed by atoms with Gasteiger partial charge in [-0.15, -0.1) is 0 Å². The van der Waals surface area contributed by atoms with E-state index in [1.807, 2.05) is 13.8 Å². The summed E-state index contributed by atoms with van der Waals surface area (Å²) in [6.07, 6.45) is 9.99. The average molecular weight is 489 g/mol. The molecule has 0 heterocycles. The highest BCUT2D eigenvalue weighted by Gasteiger charge is 2.68. The number of carbonyl (C=O) groups is 2. The Morgan fingerprint density at radius 1 is 1.00 bits per heavy atom. The van der Waals surface area contributed by atoms with Gasteiger partial charge in [0.1, 0.15) is 0 Å². The second kappa shape index (κ2) is 8.07. The molecule has 0 aliphatic heterocycles. The van der Waals surface area contributed by atoms with Gasteiger partial charge in [-0.1, -0.05) is 46.3 Å². The van der Waals surface area contributed by atoms with E-state index in [-0.39, 0.29) is 45.8 Å². The molecule has 198 valence electrons. The third-order valence-electron chi connectivity index (χ3n) is 12.1. The summed E-state index contributed by atoms with van der Waals surface area (Å²) < 4.78 is 0. The summed E-state index contributed by atoms with van der Waals surface area (Å²) in [6.45, 7) is 15.4. The Hall–Kier alpha value is -1.36. The topological polar surface area (TPSA) is 94.8 Å². The molecule has 4 rings (SSSR count). The molecule has 0 bridgehead atoms. The zero-order valence-corrected chi connectivity index (χ0v) is 23.0. The zero-order valence-electron chi connectivity index (χ0n) is 23.0. The molecule has 0 aromatic carbocycles. The van der Waals surface area contributed by atoms with Gasteiger partial charge in [0.2, 0.25) is 0 Å². The molecule has 0 aromatic heterocycles. The summed E-state index contributed by atoms with van der Waals surface area (Å²) >= 11 is 0. The van der Waals surface area contributed by atoms with E-state index in [0.717, 1.165) is 51.4 Å². The lowest BCUT2D eigenvalue weighted by molar-refractivity contribution is -0.190. The molecule has 4 aliphatic carbocycles. The van der Waals surface area contributed by atoms with Crippen LogP contribution in [0.15, 0.2) is 11.6 Å². The SMILES string of the molecule is CC1(C)CC[C@]2(C(=O)O)CC[C@]3(C)C(=CCC4[C@@](C)(CCC(=O)O)[C@H](C(C)(C)O)CC[C@]43C)[C@@H]2C1. The number of hydrogen-bond donors (Lipinski definition) is 3. The van der Waals surface area contributed by atoms with E-state index in [4.69, 9.17) is 0 Å². The molecular formula is C30H48O5. The zero-order chi connectivity index (χ0) is 26.2. The fourth-order valence-electron chi connectivity index (χ4n) is 9.88. The first kappa shape index (κ1) is 26.7. The van der Waals surface area contributed by atoms with Gasteiger partial charge in [0.05, 0.1) is 11.0 Å². The van der Waals surface area contributed by atoms with Crippen molar-refractivity contribution in [2.24, 2.45) is 44.8 Å². The first-order valence-electron chi connectivity index (χ1n) is 13.8. The summed E-state index contributed by atoms with van der Waals surface area (Å²) in [5.41, 5.74) is -0.490. The minimum Gasteiger partial charge on any atom is -0.481 e. The van der Waals surface area contributed by atoms with Crippen LogP contribution >= 0.6 is 0 Å². The van der Waals surface area contributed by atoms with Gasteiger partial charge < -0.3 is 15.3 Å². The standard InChI is InChI=1S/C30H48O5/c1-25(2)14-16-30(24(33)34)17-15-28(6)19(20(30)18-25)8-9-22-27(5,12-11-23(31)32)21(26(3,4)35)10-13-29(22,28)7/h8,20-22,35H,9-18H2,1-7H3,(H,31,32)(H,33,34)/t20-,21-,22?,27-,28+,29+,30-/m0/s1.